The normalized spacial score (nSPS) is 11.2. The van der Waals surface area contributed by atoms with E-state index in [9.17, 15) is 22.8 Å². The van der Waals surface area contributed by atoms with Crippen molar-refractivity contribution < 1.29 is 47.2 Å². The average Bonchev–Trinajstić information content (AvgIpc) is 2.49. The maximum atomic E-state index is 11.6. The highest BCUT2D eigenvalue weighted by atomic mass is 19.4. The van der Waals surface area contributed by atoms with Crippen LogP contribution >= 0.6 is 0 Å². The highest BCUT2D eigenvalue weighted by Gasteiger charge is 2.27. The van der Waals surface area contributed by atoms with E-state index >= 15 is 0 Å². The number of alkyl carbamates (subject to hydrolysis) is 2. The molecule has 0 aliphatic rings. The second-order valence-electron chi connectivity index (χ2n) is 7.56. The van der Waals surface area contributed by atoms with Crippen molar-refractivity contribution in [2.75, 3.05) is 39.5 Å². The Labute approximate surface area is 176 Å². The van der Waals surface area contributed by atoms with Gasteiger partial charge in [0, 0.05) is 19.7 Å². The van der Waals surface area contributed by atoms with Crippen molar-refractivity contribution in [2.45, 2.75) is 65.8 Å². The maximum absolute atomic E-state index is 11.6. The Morgan fingerprint density at radius 3 is 1.50 bits per heavy atom. The first-order valence-electron chi connectivity index (χ1n) is 9.27. The van der Waals surface area contributed by atoms with E-state index in [0.717, 1.165) is 0 Å². The summed E-state index contributed by atoms with van der Waals surface area (Å²) in [5.74, 6) is 0. The highest BCUT2D eigenvalue weighted by molar-refractivity contribution is 5.67. The summed E-state index contributed by atoms with van der Waals surface area (Å²) in [4.78, 5) is 21.8. The molecule has 0 aromatic heterocycles. The Morgan fingerprint density at radius 2 is 1.20 bits per heavy atom. The Morgan fingerprint density at radius 1 is 0.833 bits per heavy atom. The van der Waals surface area contributed by atoms with Gasteiger partial charge in [0.15, 0.2) is 0 Å². The zero-order valence-corrected chi connectivity index (χ0v) is 18.8. The van der Waals surface area contributed by atoms with Gasteiger partial charge in [0.25, 0.3) is 0 Å². The van der Waals surface area contributed by atoms with Gasteiger partial charge in [-0.25, -0.2) is 9.59 Å². The van der Waals surface area contributed by atoms with Gasteiger partial charge in [-0.05, 0) is 48.5 Å². The smallest absolute Gasteiger partial charge is 0.411 e. The van der Waals surface area contributed by atoms with E-state index in [0.29, 0.717) is 0 Å². The van der Waals surface area contributed by atoms with E-state index in [1.54, 1.807) is 48.5 Å². The lowest BCUT2D eigenvalue weighted by Gasteiger charge is -2.19. The topological polar surface area (TPSA) is 126 Å². The van der Waals surface area contributed by atoms with Crippen LogP contribution in [0.1, 0.15) is 48.5 Å². The minimum Gasteiger partial charge on any atom is -0.444 e. The molecule has 9 nitrogen and oxygen atoms in total. The minimum absolute atomic E-state index is 0.0228. The lowest BCUT2D eigenvalue weighted by Crippen LogP contribution is -2.34. The summed E-state index contributed by atoms with van der Waals surface area (Å²) in [5, 5.41) is 20.6. The summed E-state index contributed by atoms with van der Waals surface area (Å²) in [5.41, 5.74) is -1.10. The largest absolute Gasteiger partial charge is 0.444 e. The number of aliphatic hydroxyl groups is 2. The van der Waals surface area contributed by atoms with E-state index < -0.39 is 36.2 Å². The van der Waals surface area contributed by atoms with Crippen LogP contribution in [0.25, 0.3) is 0 Å². The molecule has 0 saturated heterocycles. The summed E-state index contributed by atoms with van der Waals surface area (Å²) in [6.07, 6.45) is -5.51. The van der Waals surface area contributed by atoms with Gasteiger partial charge >= 0.3 is 18.4 Å². The van der Waals surface area contributed by atoms with Gasteiger partial charge in [0.1, 0.15) is 17.8 Å². The lowest BCUT2D eigenvalue weighted by atomic mass is 10.2. The minimum atomic E-state index is -4.34. The number of ether oxygens (including phenoxy) is 3. The molecule has 30 heavy (non-hydrogen) atoms. The van der Waals surface area contributed by atoms with Crippen LogP contribution in [0, 0.1) is 0 Å². The van der Waals surface area contributed by atoms with E-state index in [4.69, 9.17) is 19.7 Å². The van der Waals surface area contributed by atoms with E-state index in [-0.39, 0.29) is 32.9 Å². The van der Waals surface area contributed by atoms with Crippen LogP contribution in [-0.4, -0.2) is 79.3 Å². The Hall–Kier alpha value is -1.79. The number of rotatable bonds is 6. The first-order valence-corrected chi connectivity index (χ1v) is 9.27. The number of hydrogen-bond donors (Lipinski definition) is 4. The number of carbonyl (C=O) groups is 2. The molecule has 0 rings (SSSR count). The number of halogens is 3. The predicted molar refractivity (Wildman–Crippen MR) is 105 cm³/mol. The van der Waals surface area contributed by atoms with Gasteiger partial charge in [-0.1, -0.05) is 0 Å². The number of alkyl halides is 3. The number of carbonyl (C=O) groups excluding carboxylic acids is 2. The molecule has 12 heteroatoms. The second kappa shape index (κ2) is 16.9. The Balaban J connectivity index is -0.000000451. The molecule has 0 aliphatic heterocycles. The molecule has 0 bridgehead atoms. The number of aliphatic hydroxyl groups excluding tert-OH is 2. The van der Waals surface area contributed by atoms with Crippen molar-refractivity contribution in [1.29, 1.82) is 0 Å². The fourth-order valence-electron chi connectivity index (χ4n) is 1.20. The number of nitrogens with one attached hydrogen (secondary N) is 2. The van der Waals surface area contributed by atoms with E-state index in [1.165, 1.54) is 0 Å². The third-order valence-electron chi connectivity index (χ3n) is 1.96. The molecular formula is C18H37F3N2O7. The van der Waals surface area contributed by atoms with Crippen LogP contribution in [0.5, 0.6) is 0 Å². The van der Waals surface area contributed by atoms with Crippen molar-refractivity contribution in [2.24, 2.45) is 0 Å². The summed E-state index contributed by atoms with van der Waals surface area (Å²) in [6, 6.07) is 0. The monoisotopic (exact) mass is 450 g/mol. The maximum Gasteiger partial charge on any atom is 0.411 e. The summed E-state index contributed by atoms with van der Waals surface area (Å²) in [7, 11) is 0. The summed E-state index contributed by atoms with van der Waals surface area (Å²) in [6.45, 7) is 11.0. The van der Waals surface area contributed by atoms with Crippen LogP contribution in [0.3, 0.4) is 0 Å². The molecule has 4 N–H and O–H groups in total. The molecule has 0 spiro atoms. The van der Waals surface area contributed by atoms with Crippen LogP contribution < -0.4 is 10.6 Å². The molecule has 2 amide bonds. The van der Waals surface area contributed by atoms with E-state index in [2.05, 4.69) is 15.4 Å². The fraction of sp³-hybridized carbons (Fsp3) is 0.889. The van der Waals surface area contributed by atoms with Gasteiger partial charge < -0.3 is 35.1 Å². The number of amides is 2. The van der Waals surface area contributed by atoms with Gasteiger partial charge in [0.05, 0.1) is 13.2 Å². The lowest BCUT2D eigenvalue weighted by molar-refractivity contribution is -0.173. The summed E-state index contributed by atoms with van der Waals surface area (Å²) < 4.78 is 48.9. The third kappa shape index (κ3) is 37.0. The average molecular weight is 450 g/mol. The SMILES string of the molecule is CC(C)(C)OC(=O)NCCO.CC(C)(C)OC(=O)NCCOCC(F)(F)F.CCO. The Bertz CT molecular complexity index is 449. The summed E-state index contributed by atoms with van der Waals surface area (Å²) >= 11 is 0. The Kier molecular flexibility index (Phi) is 18.6. The van der Waals surface area contributed by atoms with Crippen LogP contribution in [0.2, 0.25) is 0 Å². The molecule has 0 aromatic carbocycles. The van der Waals surface area contributed by atoms with Gasteiger partial charge in [-0.3, -0.25) is 0 Å². The number of hydrogen-bond acceptors (Lipinski definition) is 7. The molecule has 0 unspecified atom stereocenters. The van der Waals surface area contributed by atoms with Crippen LogP contribution in [0.15, 0.2) is 0 Å². The second-order valence-corrected chi connectivity index (χ2v) is 7.56. The van der Waals surface area contributed by atoms with Crippen LogP contribution in [-0.2, 0) is 14.2 Å². The molecule has 0 saturated carbocycles. The van der Waals surface area contributed by atoms with Gasteiger partial charge in [-0.2, -0.15) is 13.2 Å². The predicted octanol–water partition coefficient (Wildman–Crippen LogP) is 2.59. The first-order chi connectivity index (χ1) is 13.5. The molecule has 0 radical (unpaired) electrons. The molecule has 0 aromatic rings. The quantitative estimate of drug-likeness (QED) is 0.458. The van der Waals surface area contributed by atoms with Gasteiger partial charge in [-0.15, -0.1) is 0 Å². The zero-order chi connectivity index (χ0) is 24.4. The highest BCUT2D eigenvalue weighted by Crippen LogP contribution is 2.14. The van der Waals surface area contributed by atoms with Crippen molar-refractivity contribution in [1.82, 2.24) is 10.6 Å². The molecule has 182 valence electrons. The molecule has 0 atom stereocenters. The molecule has 0 heterocycles. The molecular weight excluding hydrogens is 413 g/mol. The van der Waals surface area contributed by atoms with E-state index in [1.807, 2.05) is 0 Å². The third-order valence-corrected chi connectivity index (χ3v) is 1.96. The first kappa shape index (κ1) is 32.9. The molecule has 0 fully saturated rings. The van der Waals surface area contributed by atoms with Crippen LogP contribution in [0.4, 0.5) is 22.8 Å². The van der Waals surface area contributed by atoms with Crippen molar-refractivity contribution in [3.63, 3.8) is 0 Å². The van der Waals surface area contributed by atoms with Crippen molar-refractivity contribution >= 4 is 12.2 Å². The molecule has 0 aliphatic carbocycles. The zero-order valence-electron chi connectivity index (χ0n) is 18.8. The van der Waals surface area contributed by atoms with Crippen molar-refractivity contribution in [3.05, 3.63) is 0 Å². The fourth-order valence-corrected chi connectivity index (χ4v) is 1.20. The standard InChI is InChI=1S/C9H16F3NO3.C7H15NO3.C2H6O/c1-8(2,3)16-7(14)13-4-5-15-6-9(10,11)12;1-7(2,3)11-6(10)8-4-5-9;1-2-3/h4-6H2,1-3H3,(H,13,14);9H,4-5H2,1-3H3,(H,8,10);3H,2H2,1H3. The van der Waals surface area contributed by atoms with Gasteiger partial charge in [0.2, 0.25) is 0 Å². The van der Waals surface area contributed by atoms with Crippen molar-refractivity contribution in [3.8, 4) is 0 Å².